The number of carboxylic acids is 1. The molecule has 2 aromatic carbocycles. The van der Waals surface area contributed by atoms with E-state index in [2.05, 4.69) is 5.32 Å². The molecule has 1 unspecified atom stereocenters. The quantitative estimate of drug-likeness (QED) is 0.609. The number of nitrogens with one attached hydrogen (secondary N) is 1. The van der Waals surface area contributed by atoms with Crippen molar-refractivity contribution in [1.82, 2.24) is 9.88 Å². The maximum atomic E-state index is 13.9. The monoisotopic (exact) mass is 424 g/mol. The van der Waals surface area contributed by atoms with E-state index in [-0.39, 0.29) is 24.3 Å². The fourth-order valence-corrected chi connectivity index (χ4v) is 4.52. The number of para-hydroxylation sites is 1. The molecular weight excluding hydrogens is 399 g/mol. The number of hydrogen-bond donors (Lipinski definition) is 2. The number of hydrogen-bond acceptors (Lipinski definition) is 3. The lowest BCUT2D eigenvalue weighted by atomic mass is 9.91. The van der Waals surface area contributed by atoms with Crippen molar-refractivity contribution in [3.8, 4) is 5.75 Å². The summed E-state index contributed by atoms with van der Waals surface area (Å²) in [5.41, 5.74) is 3.55. The van der Waals surface area contributed by atoms with Gasteiger partial charge in [0.2, 0.25) is 5.91 Å². The number of ether oxygens (including phenoxy) is 1. The molecule has 1 aliphatic rings. The molecule has 31 heavy (non-hydrogen) atoms. The smallest absolute Gasteiger partial charge is 0.323 e. The number of carbonyl (C=O) groups is 2. The Hall–Kier alpha value is -3.35. The molecule has 1 atom stereocenters. The molecule has 0 bridgehead atoms. The van der Waals surface area contributed by atoms with Gasteiger partial charge in [0.1, 0.15) is 18.1 Å². The van der Waals surface area contributed by atoms with Crippen LogP contribution in [0.1, 0.15) is 29.7 Å². The third-order valence-corrected chi connectivity index (χ3v) is 5.90. The molecule has 0 fully saturated rings. The molecule has 6 nitrogen and oxygen atoms in total. The van der Waals surface area contributed by atoms with Crippen LogP contribution in [0.5, 0.6) is 5.75 Å². The van der Waals surface area contributed by atoms with Gasteiger partial charge < -0.3 is 19.7 Å². The van der Waals surface area contributed by atoms with E-state index >= 15 is 0 Å². The molecule has 1 aromatic heterocycles. The number of methoxy groups -OCH3 is 1. The molecule has 0 saturated carbocycles. The number of nitrogens with zero attached hydrogens (tertiary/aromatic N) is 1. The zero-order chi connectivity index (χ0) is 22.0. The van der Waals surface area contributed by atoms with Gasteiger partial charge in [-0.1, -0.05) is 18.2 Å². The highest BCUT2D eigenvalue weighted by molar-refractivity contribution is 5.87. The maximum absolute atomic E-state index is 13.9. The normalized spacial score (nSPS) is 15.5. The zero-order valence-electron chi connectivity index (χ0n) is 17.4. The number of aliphatic carboxylic acids is 1. The Morgan fingerprint density at radius 2 is 2.06 bits per heavy atom. The second-order valence-corrected chi connectivity index (χ2v) is 7.89. The van der Waals surface area contributed by atoms with E-state index in [0.717, 1.165) is 33.5 Å². The molecule has 3 aromatic rings. The van der Waals surface area contributed by atoms with E-state index in [1.54, 1.807) is 17.7 Å². The molecule has 1 amide bonds. The van der Waals surface area contributed by atoms with Gasteiger partial charge in [0.25, 0.3) is 0 Å². The van der Waals surface area contributed by atoms with Gasteiger partial charge in [0.15, 0.2) is 0 Å². The lowest BCUT2D eigenvalue weighted by molar-refractivity contribution is -0.137. The Balaban J connectivity index is 1.48. The molecule has 4 rings (SSSR count). The molecule has 0 aliphatic heterocycles. The van der Waals surface area contributed by atoms with Gasteiger partial charge in [-0.25, -0.2) is 4.39 Å². The highest BCUT2D eigenvalue weighted by atomic mass is 19.1. The fourth-order valence-electron chi connectivity index (χ4n) is 4.52. The van der Waals surface area contributed by atoms with E-state index in [9.17, 15) is 19.1 Å². The van der Waals surface area contributed by atoms with Crippen LogP contribution in [0.15, 0.2) is 42.5 Å². The molecular formula is C24H25FN2O4. The predicted octanol–water partition coefficient (Wildman–Crippen LogP) is 3.48. The van der Waals surface area contributed by atoms with Crippen LogP contribution in [0.25, 0.3) is 10.9 Å². The third-order valence-electron chi connectivity index (χ3n) is 5.90. The number of carboxylic acid groups (broad SMARTS) is 1. The first-order chi connectivity index (χ1) is 15.0. The van der Waals surface area contributed by atoms with Crippen molar-refractivity contribution in [1.29, 1.82) is 0 Å². The van der Waals surface area contributed by atoms with Crippen molar-refractivity contribution < 1.29 is 23.8 Å². The minimum absolute atomic E-state index is 0.0418. The van der Waals surface area contributed by atoms with Crippen molar-refractivity contribution in [3.63, 3.8) is 0 Å². The summed E-state index contributed by atoms with van der Waals surface area (Å²) in [6.07, 6.45) is 2.83. The van der Waals surface area contributed by atoms with Gasteiger partial charge in [-0.2, -0.15) is 0 Å². The van der Waals surface area contributed by atoms with Crippen LogP contribution in [0.2, 0.25) is 0 Å². The van der Waals surface area contributed by atoms with Gasteiger partial charge in [-0.15, -0.1) is 0 Å². The molecule has 7 heteroatoms. The summed E-state index contributed by atoms with van der Waals surface area (Å²) in [4.78, 5) is 23.9. The summed E-state index contributed by atoms with van der Waals surface area (Å²) < 4.78 is 21.0. The summed E-state index contributed by atoms with van der Waals surface area (Å²) >= 11 is 0. The number of aryl methyl sites for hydroxylation is 1. The van der Waals surface area contributed by atoms with Gasteiger partial charge >= 0.3 is 5.97 Å². The van der Waals surface area contributed by atoms with Crippen LogP contribution < -0.4 is 10.1 Å². The lowest BCUT2D eigenvalue weighted by Crippen LogP contribution is -2.39. The first-order valence-electron chi connectivity index (χ1n) is 10.4. The topological polar surface area (TPSA) is 80.6 Å². The second kappa shape index (κ2) is 8.79. The highest BCUT2D eigenvalue weighted by Crippen LogP contribution is 2.33. The van der Waals surface area contributed by atoms with Crippen LogP contribution in [0.4, 0.5) is 4.39 Å². The zero-order valence-corrected chi connectivity index (χ0v) is 17.4. The summed E-state index contributed by atoms with van der Waals surface area (Å²) in [5, 5.41) is 13.1. The van der Waals surface area contributed by atoms with E-state index in [0.29, 0.717) is 32.1 Å². The number of fused-ring (bicyclic) bond motifs is 3. The molecule has 0 radical (unpaired) electrons. The fraction of sp³-hybridized carbons (Fsp3) is 0.333. The number of rotatable bonds is 7. The Morgan fingerprint density at radius 1 is 1.26 bits per heavy atom. The van der Waals surface area contributed by atoms with Gasteiger partial charge in [0.05, 0.1) is 7.11 Å². The van der Waals surface area contributed by atoms with Gasteiger partial charge in [-0.3, -0.25) is 9.59 Å². The second-order valence-electron chi connectivity index (χ2n) is 7.89. The van der Waals surface area contributed by atoms with E-state index < -0.39 is 5.97 Å². The maximum Gasteiger partial charge on any atom is 0.323 e. The van der Waals surface area contributed by atoms with Crippen molar-refractivity contribution in [3.05, 3.63) is 65.1 Å². The van der Waals surface area contributed by atoms with Gasteiger partial charge in [-0.05, 0) is 61.1 Å². The number of amides is 1. The first kappa shape index (κ1) is 20.9. The summed E-state index contributed by atoms with van der Waals surface area (Å²) in [6, 6.07) is 12.0. The molecule has 2 N–H and O–H groups in total. The van der Waals surface area contributed by atoms with Crippen LogP contribution in [-0.2, 0) is 35.4 Å². The van der Waals surface area contributed by atoms with Crippen LogP contribution in [-0.4, -0.2) is 34.7 Å². The Labute approximate surface area is 179 Å². The Morgan fingerprint density at radius 3 is 2.84 bits per heavy atom. The van der Waals surface area contributed by atoms with Crippen LogP contribution in [0, 0.1) is 5.82 Å². The minimum Gasteiger partial charge on any atom is -0.496 e. The summed E-state index contributed by atoms with van der Waals surface area (Å²) in [6.45, 7) is -0.159. The Bertz CT molecular complexity index is 1140. The minimum atomic E-state index is -0.934. The number of benzene rings is 2. The SMILES string of the molecule is COc1ccccc1CCC(=O)NC1CCc2c(c3cc(F)ccc3n2CC(=O)O)C1. The molecule has 1 aliphatic carbocycles. The molecule has 1 heterocycles. The average molecular weight is 424 g/mol. The molecule has 0 spiro atoms. The molecule has 162 valence electrons. The third kappa shape index (κ3) is 4.40. The van der Waals surface area contributed by atoms with Gasteiger partial charge in [0, 0.05) is 29.1 Å². The van der Waals surface area contributed by atoms with E-state index in [1.807, 2.05) is 24.3 Å². The summed E-state index contributed by atoms with van der Waals surface area (Å²) in [7, 11) is 1.61. The van der Waals surface area contributed by atoms with Crippen LogP contribution >= 0.6 is 0 Å². The number of halogens is 1. The predicted molar refractivity (Wildman–Crippen MR) is 115 cm³/mol. The van der Waals surface area contributed by atoms with E-state index in [1.165, 1.54) is 12.1 Å². The lowest BCUT2D eigenvalue weighted by Gasteiger charge is -2.25. The van der Waals surface area contributed by atoms with Crippen molar-refractivity contribution in [2.24, 2.45) is 0 Å². The first-order valence-corrected chi connectivity index (χ1v) is 10.4. The Kier molecular flexibility index (Phi) is 5.93. The number of aromatic nitrogens is 1. The largest absolute Gasteiger partial charge is 0.496 e. The van der Waals surface area contributed by atoms with Crippen molar-refractivity contribution in [2.75, 3.05) is 7.11 Å². The van der Waals surface area contributed by atoms with Crippen molar-refractivity contribution in [2.45, 2.75) is 44.7 Å². The molecule has 0 saturated heterocycles. The highest BCUT2D eigenvalue weighted by Gasteiger charge is 2.27. The summed E-state index contributed by atoms with van der Waals surface area (Å²) in [5.74, 6) is -0.563. The van der Waals surface area contributed by atoms with E-state index in [4.69, 9.17) is 4.74 Å². The standard InChI is InChI=1S/C24H25FN2O4/c1-31-22-5-3-2-4-15(22)6-11-23(28)26-17-8-10-21-19(13-17)18-12-16(25)7-9-20(18)27(21)14-24(29)30/h2-5,7,9,12,17H,6,8,10-11,13-14H2,1H3,(H,26,28)(H,29,30). The van der Waals surface area contributed by atoms with Crippen LogP contribution in [0.3, 0.4) is 0 Å². The average Bonchev–Trinajstić information content (AvgIpc) is 3.04. The van der Waals surface area contributed by atoms with Crippen molar-refractivity contribution >= 4 is 22.8 Å². The number of carbonyl (C=O) groups excluding carboxylic acids is 1.